The highest BCUT2D eigenvalue weighted by Crippen LogP contribution is 2.04. The van der Waals surface area contributed by atoms with Crippen LogP contribution in [-0.4, -0.2) is 19.9 Å². The van der Waals surface area contributed by atoms with Gasteiger partial charge in [-0.05, 0) is 0 Å². The fraction of sp³-hybridized carbons (Fsp3) is 0. The van der Waals surface area contributed by atoms with Crippen molar-refractivity contribution in [1.82, 2.24) is 19.9 Å². The van der Waals surface area contributed by atoms with Gasteiger partial charge in [-0.1, -0.05) is 0 Å². The maximum absolute atomic E-state index is 11.1. The van der Waals surface area contributed by atoms with E-state index in [1.54, 1.807) is 0 Å². The molecule has 0 radical (unpaired) electrons. The number of nitrogens with one attached hydrogen (secondary N) is 3. The van der Waals surface area contributed by atoms with E-state index in [0.29, 0.717) is 5.52 Å². The molecule has 12 heavy (non-hydrogen) atoms. The molecule has 0 aromatic carbocycles. The second-order valence-electron chi connectivity index (χ2n) is 2.10. The predicted molar refractivity (Wildman–Crippen MR) is 39.3 cm³/mol. The van der Waals surface area contributed by atoms with Crippen molar-refractivity contribution in [2.24, 2.45) is 5.11 Å². The summed E-state index contributed by atoms with van der Waals surface area (Å²) in [6, 6.07) is 0. The third-order valence-corrected chi connectivity index (χ3v) is 1.39. The van der Waals surface area contributed by atoms with Gasteiger partial charge in [0.15, 0.2) is 11.2 Å². The van der Waals surface area contributed by atoms with Crippen molar-refractivity contribution in [1.29, 1.82) is 5.53 Å². The quantitative estimate of drug-likeness (QED) is 0.527. The highest BCUT2D eigenvalue weighted by atomic mass is 16.1. The standard InChI is InChI=1S/C5H4N6O/c6-11-5-9-3-2(4(12)10-5)7-1-8-3/h1,6H,(H2,7,8,9,10,12). The molecule has 0 atom stereocenters. The summed E-state index contributed by atoms with van der Waals surface area (Å²) in [6.07, 6.45) is 1.36. The SMILES string of the molecule is N=Nc1nc2nc[nH]c2c(=O)[nH]1. The molecule has 7 nitrogen and oxygen atoms in total. The molecule has 3 N–H and O–H groups in total. The number of imidazole rings is 1. The summed E-state index contributed by atoms with van der Waals surface area (Å²) < 4.78 is 0. The van der Waals surface area contributed by atoms with Gasteiger partial charge in [0.05, 0.1) is 6.33 Å². The van der Waals surface area contributed by atoms with Gasteiger partial charge in [0.25, 0.3) is 11.5 Å². The number of rotatable bonds is 1. The molecule has 0 aliphatic heterocycles. The summed E-state index contributed by atoms with van der Waals surface area (Å²) in [5.74, 6) is -0.0420. The lowest BCUT2D eigenvalue weighted by atomic mass is 10.5. The van der Waals surface area contributed by atoms with Crippen LogP contribution in [0.4, 0.5) is 5.95 Å². The Morgan fingerprint density at radius 1 is 1.58 bits per heavy atom. The minimum absolute atomic E-state index is 0.0420. The average molecular weight is 164 g/mol. The Balaban J connectivity index is 2.93. The van der Waals surface area contributed by atoms with Gasteiger partial charge in [0, 0.05) is 0 Å². The molecule has 2 heterocycles. The van der Waals surface area contributed by atoms with E-state index in [4.69, 9.17) is 5.53 Å². The van der Waals surface area contributed by atoms with E-state index in [1.165, 1.54) is 6.33 Å². The van der Waals surface area contributed by atoms with E-state index in [9.17, 15) is 4.79 Å². The predicted octanol–water partition coefficient (Wildman–Crippen LogP) is 0.309. The molecule has 0 saturated heterocycles. The van der Waals surface area contributed by atoms with Gasteiger partial charge in [0.2, 0.25) is 0 Å². The Labute approximate surface area is 65.4 Å². The minimum atomic E-state index is -0.372. The van der Waals surface area contributed by atoms with Crippen molar-refractivity contribution in [3.63, 3.8) is 0 Å². The number of aromatic amines is 2. The summed E-state index contributed by atoms with van der Waals surface area (Å²) in [5, 5.41) is 2.99. The van der Waals surface area contributed by atoms with Crippen molar-refractivity contribution >= 4 is 17.1 Å². The van der Waals surface area contributed by atoms with Gasteiger partial charge >= 0.3 is 0 Å². The lowest BCUT2D eigenvalue weighted by Gasteiger charge is -1.88. The largest absolute Gasteiger partial charge is 0.339 e. The number of fused-ring (bicyclic) bond motifs is 1. The van der Waals surface area contributed by atoms with Crippen LogP contribution in [-0.2, 0) is 0 Å². The average Bonchev–Trinajstić information content (AvgIpc) is 2.52. The molecule has 0 aliphatic carbocycles. The maximum atomic E-state index is 11.1. The van der Waals surface area contributed by atoms with Crippen LogP contribution < -0.4 is 5.56 Å². The topological polar surface area (TPSA) is 111 Å². The van der Waals surface area contributed by atoms with Crippen LogP contribution in [0.2, 0.25) is 0 Å². The molecule has 7 heteroatoms. The van der Waals surface area contributed by atoms with Gasteiger partial charge in [-0.15, -0.1) is 5.11 Å². The first-order valence-electron chi connectivity index (χ1n) is 3.12. The van der Waals surface area contributed by atoms with Gasteiger partial charge in [-0.3, -0.25) is 9.78 Å². The molecule has 0 unspecified atom stereocenters. The summed E-state index contributed by atoms with van der Waals surface area (Å²) in [6.45, 7) is 0. The molecule has 0 saturated carbocycles. The van der Waals surface area contributed by atoms with E-state index in [1.807, 2.05) is 0 Å². The van der Waals surface area contributed by atoms with Crippen molar-refractivity contribution in [3.8, 4) is 0 Å². The molecule has 0 aliphatic rings. The smallest absolute Gasteiger partial charge is 0.278 e. The highest BCUT2D eigenvalue weighted by Gasteiger charge is 2.03. The first-order valence-corrected chi connectivity index (χ1v) is 3.12. The molecular formula is C5H4N6O. The maximum Gasteiger partial charge on any atom is 0.278 e. The number of hydrogen-bond acceptors (Lipinski definition) is 5. The first-order chi connectivity index (χ1) is 5.81. The minimum Gasteiger partial charge on any atom is -0.339 e. The molecule has 0 amide bonds. The van der Waals surface area contributed by atoms with Crippen LogP contribution in [0, 0.1) is 5.53 Å². The van der Waals surface area contributed by atoms with Crippen molar-refractivity contribution < 1.29 is 0 Å². The third kappa shape index (κ3) is 0.797. The van der Waals surface area contributed by atoms with Crippen molar-refractivity contribution in [3.05, 3.63) is 16.7 Å². The molecule has 60 valence electrons. The van der Waals surface area contributed by atoms with Crippen LogP contribution in [0.5, 0.6) is 0 Å². The van der Waals surface area contributed by atoms with Gasteiger partial charge in [-0.2, -0.15) is 4.98 Å². The Morgan fingerprint density at radius 3 is 3.17 bits per heavy atom. The Hall–Kier alpha value is -2.05. The Bertz CT molecular complexity index is 482. The normalized spacial score (nSPS) is 10.3. The molecule has 0 fully saturated rings. The van der Waals surface area contributed by atoms with E-state index in [0.717, 1.165) is 0 Å². The number of H-pyrrole nitrogens is 2. The first kappa shape index (κ1) is 6.65. The summed E-state index contributed by atoms with van der Waals surface area (Å²) in [4.78, 5) is 23.5. The van der Waals surface area contributed by atoms with E-state index in [-0.39, 0.29) is 17.2 Å². The van der Waals surface area contributed by atoms with Crippen LogP contribution in [0.3, 0.4) is 0 Å². The second kappa shape index (κ2) is 2.22. The Morgan fingerprint density at radius 2 is 2.42 bits per heavy atom. The van der Waals surface area contributed by atoms with Crippen molar-refractivity contribution in [2.75, 3.05) is 0 Å². The number of aromatic nitrogens is 4. The fourth-order valence-corrected chi connectivity index (χ4v) is 0.884. The molecule has 0 bridgehead atoms. The van der Waals surface area contributed by atoms with E-state index >= 15 is 0 Å². The van der Waals surface area contributed by atoms with Crippen LogP contribution in [0.1, 0.15) is 0 Å². The molecule has 2 rings (SSSR count). The summed E-state index contributed by atoms with van der Waals surface area (Å²) >= 11 is 0. The molecular weight excluding hydrogens is 160 g/mol. The second-order valence-corrected chi connectivity index (χ2v) is 2.10. The lowest BCUT2D eigenvalue weighted by molar-refractivity contribution is 1.02. The zero-order valence-electron chi connectivity index (χ0n) is 5.83. The monoisotopic (exact) mass is 164 g/mol. The zero-order chi connectivity index (χ0) is 8.55. The number of nitrogens with zero attached hydrogens (tertiary/aromatic N) is 3. The van der Waals surface area contributed by atoms with E-state index in [2.05, 4.69) is 25.1 Å². The molecule has 2 aromatic rings. The molecule has 2 aromatic heterocycles. The van der Waals surface area contributed by atoms with Crippen LogP contribution >= 0.6 is 0 Å². The van der Waals surface area contributed by atoms with Crippen molar-refractivity contribution in [2.45, 2.75) is 0 Å². The lowest BCUT2D eigenvalue weighted by Crippen LogP contribution is -2.06. The highest BCUT2D eigenvalue weighted by molar-refractivity contribution is 5.69. The Kier molecular flexibility index (Phi) is 1.23. The van der Waals surface area contributed by atoms with Gasteiger partial charge in [0.1, 0.15) is 0 Å². The zero-order valence-corrected chi connectivity index (χ0v) is 5.83. The molecule has 0 spiro atoms. The third-order valence-electron chi connectivity index (χ3n) is 1.39. The summed E-state index contributed by atoms with van der Waals surface area (Å²) in [7, 11) is 0. The fourth-order valence-electron chi connectivity index (χ4n) is 0.884. The summed E-state index contributed by atoms with van der Waals surface area (Å²) in [5.41, 5.74) is 6.81. The van der Waals surface area contributed by atoms with Crippen LogP contribution in [0.25, 0.3) is 11.2 Å². The van der Waals surface area contributed by atoms with Gasteiger partial charge in [-0.25, -0.2) is 10.5 Å². The van der Waals surface area contributed by atoms with Gasteiger partial charge < -0.3 is 4.98 Å². The number of hydrogen-bond donors (Lipinski definition) is 3. The van der Waals surface area contributed by atoms with E-state index < -0.39 is 0 Å². The van der Waals surface area contributed by atoms with Crippen LogP contribution in [0.15, 0.2) is 16.2 Å².